The van der Waals surface area contributed by atoms with Crippen LogP contribution in [0.2, 0.25) is 0 Å². The number of carbonyl (C=O) groups excluding carboxylic acids is 1. The number of rotatable bonds is 4. The lowest BCUT2D eigenvalue weighted by Crippen LogP contribution is -2.16. The lowest BCUT2D eigenvalue weighted by atomic mass is 9.97. The van der Waals surface area contributed by atoms with Gasteiger partial charge in [0.15, 0.2) is 5.76 Å². The zero-order chi connectivity index (χ0) is 15.6. The lowest BCUT2D eigenvalue weighted by molar-refractivity contribution is -0.141. The summed E-state index contributed by atoms with van der Waals surface area (Å²) in [4.78, 5) is 23.4. The van der Waals surface area contributed by atoms with Gasteiger partial charge in [0.1, 0.15) is 5.76 Å². The van der Waals surface area contributed by atoms with Crippen molar-refractivity contribution in [2.24, 2.45) is 7.05 Å². The summed E-state index contributed by atoms with van der Waals surface area (Å²) in [5.74, 6) is -1.25. The first-order valence-electron chi connectivity index (χ1n) is 6.32. The molecule has 0 saturated heterocycles. The van der Waals surface area contributed by atoms with Gasteiger partial charge in [0.2, 0.25) is 11.2 Å². The molecule has 0 aliphatic heterocycles. The van der Waals surface area contributed by atoms with E-state index in [0.29, 0.717) is 11.5 Å². The van der Waals surface area contributed by atoms with Crippen LogP contribution in [0.5, 0.6) is 5.75 Å². The summed E-state index contributed by atoms with van der Waals surface area (Å²) in [6, 6.07) is 2.88. The van der Waals surface area contributed by atoms with Crippen molar-refractivity contribution in [3.05, 3.63) is 45.8 Å². The molecule has 2 rings (SSSR count). The van der Waals surface area contributed by atoms with E-state index in [9.17, 15) is 14.7 Å². The number of ether oxygens (including phenoxy) is 1. The van der Waals surface area contributed by atoms with Crippen molar-refractivity contribution in [3.63, 3.8) is 0 Å². The summed E-state index contributed by atoms with van der Waals surface area (Å²) in [7, 11) is 2.97. The quantitative estimate of drug-likeness (QED) is 0.847. The molecule has 2 aromatic heterocycles. The smallest absolute Gasteiger partial charge is 0.306 e. The average molecular weight is 292 g/mol. The van der Waals surface area contributed by atoms with E-state index in [1.165, 1.54) is 13.2 Å². The Balaban J connectivity index is 2.58. The highest BCUT2D eigenvalue weighted by Crippen LogP contribution is 2.32. The molecule has 21 heavy (non-hydrogen) atoms. The molecule has 0 aliphatic rings. The summed E-state index contributed by atoms with van der Waals surface area (Å²) in [5, 5.41) is 14.0. The number of aromatic nitrogens is 2. The number of hydrogen-bond donors (Lipinski definition) is 1. The fraction of sp³-hybridized carbons (Fsp3) is 0.357. The molecule has 0 aromatic carbocycles. The van der Waals surface area contributed by atoms with Gasteiger partial charge in [0.05, 0.1) is 19.4 Å². The molecule has 0 bridgehead atoms. The van der Waals surface area contributed by atoms with Crippen LogP contribution in [0.25, 0.3) is 0 Å². The van der Waals surface area contributed by atoms with E-state index in [4.69, 9.17) is 4.42 Å². The molecule has 1 unspecified atom stereocenters. The molecule has 0 aliphatic carbocycles. The maximum Gasteiger partial charge on any atom is 0.306 e. The highest BCUT2D eigenvalue weighted by Gasteiger charge is 2.28. The predicted octanol–water partition coefficient (Wildman–Crippen LogP) is 1.08. The van der Waals surface area contributed by atoms with Gasteiger partial charge in [-0.05, 0) is 13.0 Å². The van der Waals surface area contributed by atoms with Gasteiger partial charge in [0.25, 0.3) is 0 Å². The number of methoxy groups -OCH3 is 1. The molecule has 1 N–H and O–H groups in total. The first-order valence-corrected chi connectivity index (χ1v) is 6.32. The molecule has 7 nitrogen and oxygen atoms in total. The van der Waals surface area contributed by atoms with Crippen LogP contribution in [-0.4, -0.2) is 28.0 Å². The Bertz CT molecular complexity index is 716. The Labute approximate surface area is 120 Å². The standard InChI is InChI=1S/C14H16N2O5/c1-8-6-11(17)13(19)14(21-8)9(7-12(18)20-3)10-4-5-15-16(10)2/h4-6,9,19H,7H2,1-3H3. The number of aromatic hydroxyl groups is 1. The van der Waals surface area contributed by atoms with Gasteiger partial charge in [-0.1, -0.05) is 0 Å². The largest absolute Gasteiger partial charge is 0.502 e. The molecule has 0 fully saturated rings. The fourth-order valence-electron chi connectivity index (χ4n) is 2.17. The molecular formula is C14H16N2O5. The lowest BCUT2D eigenvalue weighted by Gasteiger charge is -2.16. The van der Waals surface area contributed by atoms with Gasteiger partial charge >= 0.3 is 5.97 Å². The number of aryl methyl sites for hydroxylation is 2. The third kappa shape index (κ3) is 2.96. The Morgan fingerprint density at radius 3 is 2.86 bits per heavy atom. The minimum atomic E-state index is -0.655. The van der Waals surface area contributed by atoms with E-state index < -0.39 is 23.1 Å². The van der Waals surface area contributed by atoms with Crippen LogP contribution in [0.4, 0.5) is 0 Å². The van der Waals surface area contributed by atoms with Gasteiger partial charge in [-0.15, -0.1) is 0 Å². The minimum Gasteiger partial charge on any atom is -0.502 e. The van der Waals surface area contributed by atoms with Crippen molar-refractivity contribution in [3.8, 4) is 5.75 Å². The molecule has 1 atom stereocenters. The molecule has 0 radical (unpaired) electrons. The van der Waals surface area contributed by atoms with Crippen molar-refractivity contribution in [1.82, 2.24) is 9.78 Å². The summed E-state index contributed by atoms with van der Waals surface area (Å²) >= 11 is 0. The molecular weight excluding hydrogens is 276 g/mol. The van der Waals surface area contributed by atoms with Crippen molar-refractivity contribution in [1.29, 1.82) is 0 Å². The number of esters is 1. The zero-order valence-electron chi connectivity index (χ0n) is 12.0. The van der Waals surface area contributed by atoms with Crippen LogP contribution in [0.1, 0.15) is 29.6 Å². The van der Waals surface area contributed by atoms with Gasteiger partial charge in [-0.2, -0.15) is 5.10 Å². The third-order valence-corrected chi connectivity index (χ3v) is 3.20. The first kappa shape index (κ1) is 14.8. The monoisotopic (exact) mass is 292 g/mol. The second-order valence-corrected chi connectivity index (χ2v) is 4.65. The van der Waals surface area contributed by atoms with Gasteiger partial charge in [0, 0.05) is 25.0 Å². The van der Waals surface area contributed by atoms with E-state index in [1.54, 1.807) is 30.9 Å². The van der Waals surface area contributed by atoms with Crippen LogP contribution in [0.3, 0.4) is 0 Å². The number of carbonyl (C=O) groups is 1. The van der Waals surface area contributed by atoms with E-state index in [2.05, 4.69) is 9.84 Å². The van der Waals surface area contributed by atoms with E-state index in [1.807, 2.05) is 0 Å². The summed E-state index contributed by atoms with van der Waals surface area (Å²) in [5.41, 5.74) is 0.0789. The topological polar surface area (TPSA) is 94.6 Å². The highest BCUT2D eigenvalue weighted by molar-refractivity contribution is 5.71. The van der Waals surface area contributed by atoms with Crippen molar-refractivity contribution < 1.29 is 19.1 Å². The van der Waals surface area contributed by atoms with Crippen LogP contribution in [-0.2, 0) is 16.6 Å². The van der Waals surface area contributed by atoms with Crippen molar-refractivity contribution in [2.45, 2.75) is 19.3 Å². The SMILES string of the molecule is COC(=O)CC(c1oc(C)cc(=O)c1O)c1ccnn1C. The number of hydrogen-bond acceptors (Lipinski definition) is 6. The molecule has 112 valence electrons. The summed E-state index contributed by atoms with van der Waals surface area (Å²) in [6.45, 7) is 1.60. The predicted molar refractivity (Wildman–Crippen MR) is 73.1 cm³/mol. The molecule has 0 spiro atoms. The second kappa shape index (κ2) is 5.82. The first-order chi connectivity index (χ1) is 9.93. The normalized spacial score (nSPS) is 12.1. The summed E-state index contributed by atoms with van der Waals surface area (Å²) in [6.07, 6.45) is 1.49. The Morgan fingerprint density at radius 2 is 2.29 bits per heavy atom. The minimum absolute atomic E-state index is 0.0361. The van der Waals surface area contributed by atoms with Gasteiger partial charge in [-0.25, -0.2) is 0 Å². The molecule has 2 heterocycles. The zero-order valence-corrected chi connectivity index (χ0v) is 12.0. The van der Waals surface area contributed by atoms with Crippen LogP contribution < -0.4 is 5.43 Å². The number of nitrogens with zero attached hydrogens (tertiary/aromatic N) is 2. The maximum absolute atomic E-state index is 11.7. The van der Waals surface area contributed by atoms with Crippen LogP contribution in [0, 0.1) is 6.92 Å². The van der Waals surface area contributed by atoms with Gasteiger partial charge < -0.3 is 14.3 Å². The van der Waals surface area contributed by atoms with E-state index in [0.717, 1.165) is 0 Å². The van der Waals surface area contributed by atoms with Crippen LogP contribution in [0.15, 0.2) is 27.5 Å². The second-order valence-electron chi connectivity index (χ2n) is 4.65. The highest BCUT2D eigenvalue weighted by atomic mass is 16.5. The fourth-order valence-corrected chi connectivity index (χ4v) is 2.17. The Morgan fingerprint density at radius 1 is 1.57 bits per heavy atom. The van der Waals surface area contributed by atoms with Crippen molar-refractivity contribution in [2.75, 3.05) is 7.11 Å². The molecule has 0 amide bonds. The molecule has 0 saturated carbocycles. The molecule has 7 heteroatoms. The van der Waals surface area contributed by atoms with E-state index >= 15 is 0 Å². The average Bonchev–Trinajstić information content (AvgIpc) is 2.86. The summed E-state index contributed by atoms with van der Waals surface area (Å²) < 4.78 is 11.7. The Hall–Kier alpha value is -2.57. The maximum atomic E-state index is 11.7. The third-order valence-electron chi connectivity index (χ3n) is 3.20. The van der Waals surface area contributed by atoms with Crippen LogP contribution >= 0.6 is 0 Å². The Kier molecular flexibility index (Phi) is 4.11. The van der Waals surface area contributed by atoms with Crippen molar-refractivity contribution >= 4 is 5.97 Å². The molecule has 2 aromatic rings. The van der Waals surface area contributed by atoms with E-state index in [-0.39, 0.29) is 12.2 Å². The van der Waals surface area contributed by atoms with Gasteiger partial charge in [-0.3, -0.25) is 14.3 Å².